The second-order valence-corrected chi connectivity index (χ2v) is 2.99. The van der Waals surface area contributed by atoms with Crippen molar-refractivity contribution in [2.45, 2.75) is 0 Å². The van der Waals surface area contributed by atoms with Gasteiger partial charge in [0.2, 0.25) is 0 Å². The average Bonchev–Trinajstić information content (AvgIpc) is 2.19. The molecule has 3 nitrogen and oxygen atoms in total. The zero-order valence-corrected chi connectivity index (χ0v) is 7.35. The summed E-state index contributed by atoms with van der Waals surface area (Å²) in [7, 11) is 0. The van der Waals surface area contributed by atoms with Crippen LogP contribution < -0.4 is 4.90 Å². The smallest absolute Gasteiger partial charge is 0.136 e. The molecule has 1 aliphatic rings. The number of rotatable bonds is 2. The SMILES string of the molecule is OCCN1CC=Cc2cccnc21. The van der Waals surface area contributed by atoms with Crippen molar-refractivity contribution in [1.29, 1.82) is 0 Å². The van der Waals surface area contributed by atoms with Crippen molar-refractivity contribution < 1.29 is 5.11 Å². The highest BCUT2D eigenvalue weighted by molar-refractivity contribution is 5.67. The Morgan fingerprint density at radius 3 is 3.31 bits per heavy atom. The number of aromatic nitrogens is 1. The van der Waals surface area contributed by atoms with E-state index in [0.29, 0.717) is 6.54 Å². The van der Waals surface area contributed by atoms with Gasteiger partial charge in [-0.25, -0.2) is 4.98 Å². The van der Waals surface area contributed by atoms with E-state index in [9.17, 15) is 0 Å². The van der Waals surface area contributed by atoms with Crippen LogP contribution in [-0.4, -0.2) is 29.8 Å². The molecular weight excluding hydrogens is 164 g/mol. The summed E-state index contributed by atoms with van der Waals surface area (Å²) in [5.74, 6) is 0.971. The number of hydrogen-bond acceptors (Lipinski definition) is 3. The topological polar surface area (TPSA) is 36.4 Å². The van der Waals surface area contributed by atoms with E-state index in [1.807, 2.05) is 12.1 Å². The van der Waals surface area contributed by atoms with Crippen molar-refractivity contribution in [2.75, 3.05) is 24.6 Å². The standard InChI is InChI=1S/C10H12N2O/c13-8-7-12-6-2-4-9-3-1-5-11-10(9)12/h1-5,13H,6-8H2. The van der Waals surface area contributed by atoms with E-state index in [1.54, 1.807) is 6.20 Å². The lowest BCUT2D eigenvalue weighted by atomic mass is 10.1. The molecule has 68 valence electrons. The Labute approximate surface area is 77.3 Å². The van der Waals surface area contributed by atoms with Gasteiger partial charge < -0.3 is 10.0 Å². The van der Waals surface area contributed by atoms with Crippen LogP contribution in [0.3, 0.4) is 0 Å². The maximum absolute atomic E-state index is 8.85. The van der Waals surface area contributed by atoms with E-state index in [4.69, 9.17) is 5.11 Å². The number of anilines is 1. The van der Waals surface area contributed by atoms with E-state index < -0.39 is 0 Å². The molecule has 1 aromatic rings. The molecule has 0 saturated carbocycles. The second kappa shape index (κ2) is 3.58. The minimum atomic E-state index is 0.170. The molecule has 0 spiro atoms. The molecule has 2 rings (SSSR count). The molecule has 2 heterocycles. The molecule has 0 fully saturated rings. The Kier molecular flexibility index (Phi) is 2.27. The van der Waals surface area contributed by atoms with Gasteiger partial charge in [-0.3, -0.25) is 0 Å². The van der Waals surface area contributed by atoms with Gasteiger partial charge in [-0.15, -0.1) is 0 Å². The van der Waals surface area contributed by atoms with E-state index in [1.165, 1.54) is 0 Å². The van der Waals surface area contributed by atoms with E-state index in [2.05, 4.69) is 22.0 Å². The number of hydrogen-bond donors (Lipinski definition) is 1. The molecule has 13 heavy (non-hydrogen) atoms. The van der Waals surface area contributed by atoms with Gasteiger partial charge in [0.15, 0.2) is 0 Å². The Balaban J connectivity index is 2.32. The first-order valence-electron chi connectivity index (χ1n) is 4.39. The Bertz CT molecular complexity index is 322. The Hall–Kier alpha value is -1.35. The van der Waals surface area contributed by atoms with Gasteiger partial charge in [-0.05, 0) is 12.1 Å². The van der Waals surface area contributed by atoms with Gasteiger partial charge in [-0.2, -0.15) is 0 Å². The monoisotopic (exact) mass is 176 g/mol. The van der Waals surface area contributed by atoms with Crippen molar-refractivity contribution in [3.8, 4) is 0 Å². The molecule has 0 amide bonds. The van der Waals surface area contributed by atoms with Crippen LogP contribution in [0.4, 0.5) is 5.82 Å². The minimum Gasteiger partial charge on any atom is -0.395 e. The average molecular weight is 176 g/mol. The van der Waals surface area contributed by atoms with E-state index in [-0.39, 0.29) is 6.61 Å². The molecule has 0 unspecified atom stereocenters. The highest BCUT2D eigenvalue weighted by Gasteiger charge is 2.12. The van der Waals surface area contributed by atoms with Crippen LogP contribution in [0.2, 0.25) is 0 Å². The lowest BCUT2D eigenvalue weighted by Crippen LogP contribution is -2.29. The summed E-state index contributed by atoms with van der Waals surface area (Å²) in [6.07, 6.45) is 5.93. The maximum atomic E-state index is 8.85. The third-order valence-electron chi connectivity index (χ3n) is 2.11. The molecule has 0 aliphatic carbocycles. The van der Waals surface area contributed by atoms with Crippen LogP contribution in [0.5, 0.6) is 0 Å². The summed E-state index contributed by atoms with van der Waals surface area (Å²) < 4.78 is 0. The minimum absolute atomic E-state index is 0.170. The Morgan fingerprint density at radius 2 is 2.46 bits per heavy atom. The van der Waals surface area contributed by atoms with Crippen LogP contribution in [0.1, 0.15) is 5.56 Å². The number of pyridine rings is 1. The number of aliphatic hydroxyl groups is 1. The first-order valence-corrected chi connectivity index (χ1v) is 4.39. The highest BCUT2D eigenvalue weighted by Crippen LogP contribution is 2.21. The fourth-order valence-electron chi connectivity index (χ4n) is 1.52. The fourth-order valence-corrected chi connectivity index (χ4v) is 1.52. The first kappa shape index (κ1) is 8.26. The zero-order valence-electron chi connectivity index (χ0n) is 7.35. The first-order chi connectivity index (χ1) is 6.42. The van der Waals surface area contributed by atoms with Crippen molar-refractivity contribution in [3.63, 3.8) is 0 Å². The molecular formula is C10H12N2O. The molecule has 0 radical (unpaired) electrons. The van der Waals surface area contributed by atoms with Gasteiger partial charge in [0, 0.05) is 24.8 Å². The number of β-amino-alcohol motifs (C(OH)–C–C–N with tert-alkyl or cyclic N) is 1. The van der Waals surface area contributed by atoms with Crippen LogP contribution >= 0.6 is 0 Å². The van der Waals surface area contributed by atoms with E-state index in [0.717, 1.165) is 17.9 Å². The maximum Gasteiger partial charge on any atom is 0.136 e. The summed E-state index contributed by atoms with van der Waals surface area (Å²) in [6, 6.07) is 3.95. The Morgan fingerprint density at radius 1 is 1.54 bits per heavy atom. The van der Waals surface area contributed by atoms with Crippen molar-refractivity contribution in [2.24, 2.45) is 0 Å². The molecule has 0 bridgehead atoms. The predicted octanol–water partition coefficient (Wildman–Crippen LogP) is 0.907. The predicted molar refractivity (Wildman–Crippen MR) is 52.6 cm³/mol. The van der Waals surface area contributed by atoms with Crippen LogP contribution in [0, 0.1) is 0 Å². The number of nitrogens with zero attached hydrogens (tertiary/aromatic N) is 2. The summed E-state index contributed by atoms with van der Waals surface area (Å²) in [6.45, 7) is 1.66. The van der Waals surface area contributed by atoms with Crippen LogP contribution in [0.15, 0.2) is 24.4 Å². The van der Waals surface area contributed by atoms with Gasteiger partial charge in [-0.1, -0.05) is 12.2 Å². The number of fused-ring (bicyclic) bond motifs is 1. The zero-order chi connectivity index (χ0) is 9.10. The normalized spacial score (nSPS) is 14.4. The van der Waals surface area contributed by atoms with Gasteiger partial charge >= 0.3 is 0 Å². The largest absolute Gasteiger partial charge is 0.395 e. The highest BCUT2D eigenvalue weighted by atomic mass is 16.3. The molecule has 0 saturated heterocycles. The summed E-state index contributed by atoms with van der Waals surface area (Å²) in [4.78, 5) is 6.35. The van der Waals surface area contributed by atoms with Crippen LogP contribution in [-0.2, 0) is 0 Å². The molecule has 1 aromatic heterocycles. The van der Waals surface area contributed by atoms with Gasteiger partial charge in [0.1, 0.15) is 5.82 Å². The van der Waals surface area contributed by atoms with Crippen molar-refractivity contribution in [1.82, 2.24) is 4.98 Å². The number of aliphatic hydroxyl groups excluding tert-OH is 1. The van der Waals surface area contributed by atoms with Gasteiger partial charge in [0.05, 0.1) is 6.61 Å². The van der Waals surface area contributed by atoms with Crippen LogP contribution in [0.25, 0.3) is 6.08 Å². The third-order valence-corrected chi connectivity index (χ3v) is 2.11. The molecule has 0 atom stereocenters. The lowest BCUT2D eigenvalue weighted by Gasteiger charge is -2.25. The van der Waals surface area contributed by atoms with Crippen molar-refractivity contribution in [3.05, 3.63) is 30.0 Å². The lowest BCUT2D eigenvalue weighted by molar-refractivity contribution is 0.302. The fraction of sp³-hybridized carbons (Fsp3) is 0.300. The van der Waals surface area contributed by atoms with Crippen molar-refractivity contribution >= 4 is 11.9 Å². The molecule has 0 aromatic carbocycles. The van der Waals surface area contributed by atoms with E-state index >= 15 is 0 Å². The molecule has 3 heteroatoms. The summed E-state index contributed by atoms with van der Waals surface area (Å²) >= 11 is 0. The molecule has 1 aliphatic heterocycles. The summed E-state index contributed by atoms with van der Waals surface area (Å²) in [5, 5.41) is 8.85. The summed E-state index contributed by atoms with van der Waals surface area (Å²) in [5.41, 5.74) is 1.13. The quantitative estimate of drug-likeness (QED) is 0.727. The molecule has 1 N–H and O–H groups in total. The second-order valence-electron chi connectivity index (χ2n) is 2.99. The van der Waals surface area contributed by atoms with Gasteiger partial charge in [0.25, 0.3) is 0 Å². The third kappa shape index (κ3) is 1.55.